The summed E-state index contributed by atoms with van der Waals surface area (Å²) < 4.78 is 37.1. The molecule has 27 heavy (non-hydrogen) atoms. The number of fused-ring (bicyclic) bond motifs is 1. The summed E-state index contributed by atoms with van der Waals surface area (Å²) in [5.41, 5.74) is 1.71. The van der Waals surface area contributed by atoms with Gasteiger partial charge >= 0.3 is 0 Å². The van der Waals surface area contributed by atoms with Crippen LogP contribution in [0.2, 0.25) is 0 Å². The second-order valence-corrected chi connectivity index (χ2v) is 6.06. The van der Waals surface area contributed by atoms with Crippen LogP contribution in [0, 0.1) is 11.6 Å². The van der Waals surface area contributed by atoms with Crippen LogP contribution in [0.5, 0.6) is 5.75 Å². The summed E-state index contributed by atoms with van der Waals surface area (Å²) in [6.45, 7) is 0.847. The summed E-state index contributed by atoms with van der Waals surface area (Å²) in [6.07, 6.45) is 1.13. The number of carbonyl (C=O) groups is 1. The maximum absolute atomic E-state index is 13.6. The first-order chi connectivity index (χ1) is 13.1. The molecular formula is C19H15F2N3O3. The Hall–Kier alpha value is -3.29. The van der Waals surface area contributed by atoms with E-state index in [1.54, 1.807) is 0 Å². The van der Waals surface area contributed by atoms with Crippen LogP contribution >= 0.6 is 0 Å². The van der Waals surface area contributed by atoms with Crippen molar-refractivity contribution in [2.24, 2.45) is 0 Å². The standard InChI is InChI=1S/C19H15F2N3O3/c20-13-2-3-14(15(21)10-13)19(25)22-7-5-17-23-18(24-27-17)12-1-4-16-11(9-12)6-8-26-16/h1-4,9-10H,5-8H2,(H,22,25). The number of benzene rings is 2. The number of aromatic nitrogens is 2. The van der Waals surface area contributed by atoms with E-state index >= 15 is 0 Å². The highest BCUT2D eigenvalue weighted by Gasteiger charge is 2.16. The number of hydrogen-bond donors (Lipinski definition) is 1. The third kappa shape index (κ3) is 3.64. The molecule has 2 aromatic carbocycles. The van der Waals surface area contributed by atoms with E-state index < -0.39 is 17.5 Å². The summed E-state index contributed by atoms with van der Waals surface area (Å²) in [5, 5.41) is 6.50. The van der Waals surface area contributed by atoms with Gasteiger partial charge in [-0.25, -0.2) is 8.78 Å². The fraction of sp³-hybridized carbons (Fsp3) is 0.211. The van der Waals surface area contributed by atoms with Gasteiger partial charge in [-0.05, 0) is 35.9 Å². The van der Waals surface area contributed by atoms with E-state index in [0.717, 1.165) is 35.4 Å². The van der Waals surface area contributed by atoms with Crippen LogP contribution in [0.15, 0.2) is 40.9 Å². The average molecular weight is 371 g/mol. The second-order valence-electron chi connectivity index (χ2n) is 6.06. The van der Waals surface area contributed by atoms with Crippen LogP contribution < -0.4 is 10.1 Å². The molecule has 0 atom stereocenters. The van der Waals surface area contributed by atoms with Crippen LogP contribution in [-0.2, 0) is 12.8 Å². The Kier molecular flexibility index (Phi) is 4.53. The van der Waals surface area contributed by atoms with Gasteiger partial charge in [0.25, 0.3) is 5.91 Å². The molecule has 2 heterocycles. The first-order valence-corrected chi connectivity index (χ1v) is 8.42. The van der Waals surface area contributed by atoms with Gasteiger partial charge in [0, 0.05) is 31.0 Å². The van der Waals surface area contributed by atoms with E-state index in [4.69, 9.17) is 9.26 Å². The lowest BCUT2D eigenvalue weighted by Crippen LogP contribution is -2.26. The van der Waals surface area contributed by atoms with Crippen LogP contribution in [0.4, 0.5) is 8.78 Å². The molecule has 3 aromatic rings. The molecule has 0 fully saturated rings. The third-order valence-corrected chi connectivity index (χ3v) is 4.22. The predicted octanol–water partition coefficient (Wildman–Crippen LogP) is 2.92. The quantitative estimate of drug-likeness (QED) is 0.746. The predicted molar refractivity (Wildman–Crippen MR) is 91.3 cm³/mol. The van der Waals surface area contributed by atoms with Crippen LogP contribution in [0.25, 0.3) is 11.4 Å². The molecule has 0 saturated carbocycles. The normalized spacial score (nSPS) is 12.5. The molecule has 0 saturated heterocycles. The lowest BCUT2D eigenvalue weighted by molar-refractivity contribution is 0.0949. The Labute approximate surface area is 153 Å². The SMILES string of the molecule is O=C(NCCc1nc(-c2ccc3c(c2)CCO3)no1)c1ccc(F)cc1F. The zero-order valence-corrected chi connectivity index (χ0v) is 14.2. The zero-order chi connectivity index (χ0) is 18.8. The van der Waals surface area contributed by atoms with Gasteiger partial charge in [-0.15, -0.1) is 0 Å². The number of rotatable bonds is 5. The average Bonchev–Trinajstić information content (AvgIpc) is 3.30. The van der Waals surface area contributed by atoms with Gasteiger partial charge in [0.2, 0.25) is 11.7 Å². The molecule has 138 valence electrons. The molecule has 0 bridgehead atoms. The van der Waals surface area contributed by atoms with Crippen LogP contribution in [-0.4, -0.2) is 29.2 Å². The van der Waals surface area contributed by atoms with E-state index in [9.17, 15) is 13.6 Å². The summed E-state index contributed by atoms with van der Waals surface area (Å²) in [5.74, 6) is -0.602. The van der Waals surface area contributed by atoms with Crippen molar-refractivity contribution in [2.75, 3.05) is 13.2 Å². The fourth-order valence-corrected chi connectivity index (χ4v) is 2.85. The van der Waals surface area contributed by atoms with E-state index in [1.807, 2.05) is 18.2 Å². The van der Waals surface area contributed by atoms with Crippen molar-refractivity contribution in [3.63, 3.8) is 0 Å². The number of nitrogens with zero attached hydrogens (tertiary/aromatic N) is 2. The molecule has 0 spiro atoms. The maximum Gasteiger partial charge on any atom is 0.254 e. The molecule has 4 rings (SSSR count). The van der Waals surface area contributed by atoms with Crippen molar-refractivity contribution in [3.05, 3.63) is 65.1 Å². The van der Waals surface area contributed by atoms with Crippen molar-refractivity contribution >= 4 is 5.91 Å². The Morgan fingerprint density at radius 1 is 1.19 bits per heavy atom. The molecule has 1 aliphatic rings. The molecule has 0 radical (unpaired) electrons. The van der Waals surface area contributed by atoms with Crippen molar-refractivity contribution in [3.8, 4) is 17.1 Å². The summed E-state index contributed by atoms with van der Waals surface area (Å²) in [6, 6.07) is 8.51. The fourth-order valence-electron chi connectivity index (χ4n) is 2.85. The number of ether oxygens (including phenoxy) is 1. The van der Waals surface area contributed by atoms with E-state index in [1.165, 1.54) is 0 Å². The Morgan fingerprint density at radius 2 is 2.07 bits per heavy atom. The van der Waals surface area contributed by atoms with Crippen LogP contribution in [0.1, 0.15) is 21.8 Å². The van der Waals surface area contributed by atoms with Gasteiger partial charge in [0.15, 0.2) is 0 Å². The minimum Gasteiger partial charge on any atom is -0.493 e. The topological polar surface area (TPSA) is 77.2 Å². The van der Waals surface area contributed by atoms with Gasteiger partial charge in [0.05, 0.1) is 12.2 Å². The lowest BCUT2D eigenvalue weighted by atomic mass is 10.1. The van der Waals surface area contributed by atoms with Gasteiger partial charge in [-0.1, -0.05) is 5.16 Å². The number of halogens is 2. The van der Waals surface area contributed by atoms with Crippen molar-refractivity contribution in [2.45, 2.75) is 12.8 Å². The third-order valence-electron chi connectivity index (χ3n) is 4.22. The van der Waals surface area contributed by atoms with Gasteiger partial charge in [-0.2, -0.15) is 4.98 Å². The summed E-state index contributed by atoms with van der Waals surface area (Å²) >= 11 is 0. The first-order valence-electron chi connectivity index (χ1n) is 8.42. The Balaban J connectivity index is 1.36. The van der Waals surface area contributed by atoms with Gasteiger partial charge < -0.3 is 14.6 Å². The molecule has 1 aliphatic heterocycles. The minimum absolute atomic E-state index is 0.176. The molecule has 0 unspecified atom stereocenters. The molecular weight excluding hydrogens is 356 g/mol. The summed E-state index contributed by atoms with van der Waals surface area (Å²) in [7, 11) is 0. The Morgan fingerprint density at radius 3 is 2.93 bits per heavy atom. The number of amides is 1. The van der Waals surface area contributed by atoms with Gasteiger partial charge in [-0.3, -0.25) is 4.79 Å². The number of nitrogens with one attached hydrogen (secondary N) is 1. The minimum atomic E-state index is -0.909. The summed E-state index contributed by atoms with van der Waals surface area (Å²) in [4.78, 5) is 16.3. The maximum atomic E-state index is 13.6. The van der Waals surface area contributed by atoms with Crippen molar-refractivity contribution < 1.29 is 22.8 Å². The largest absolute Gasteiger partial charge is 0.493 e. The highest BCUT2D eigenvalue weighted by Crippen LogP contribution is 2.29. The molecule has 0 aliphatic carbocycles. The zero-order valence-electron chi connectivity index (χ0n) is 14.2. The van der Waals surface area contributed by atoms with Crippen molar-refractivity contribution in [1.29, 1.82) is 0 Å². The molecule has 1 N–H and O–H groups in total. The number of hydrogen-bond acceptors (Lipinski definition) is 5. The van der Waals surface area contributed by atoms with Crippen LogP contribution in [0.3, 0.4) is 0 Å². The second kappa shape index (κ2) is 7.14. The van der Waals surface area contributed by atoms with E-state index in [2.05, 4.69) is 15.5 Å². The molecule has 1 aromatic heterocycles. The monoisotopic (exact) mass is 371 g/mol. The molecule has 8 heteroatoms. The smallest absolute Gasteiger partial charge is 0.254 e. The lowest BCUT2D eigenvalue weighted by Gasteiger charge is -2.04. The van der Waals surface area contributed by atoms with E-state index in [-0.39, 0.29) is 18.5 Å². The number of carbonyl (C=O) groups excluding carboxylic acids is 1. The van der Waals surface area contributed by atoms with Crippen molar-refractivity contribution in [1.82, 2.24) is 15.5 Å². The molecule has 6 nitrogen and oxygen atoms in total. The van der Waals surface area contributed by atoms with Gasteiger partial charge in [0.1, 0.15) is 17.4 Å². The Bertz CT molecular complexity index is 1000. The van der Waals surface area contributed by atoms with E-state index in [0.29, 0.717) is 24.4 Å². The first kappa shape index (κ1) is 17.1. The molecule has 1 amide bonds. The highest BCUT2D eigenvalue weighted by molar-refractivity contribution is 5.94. The highest BCUT2D eigenvalue weighted by atomic mass is 19.1.